The van der Waals surface area contributed by atoms with Crippen LogP contribution in [0.2, 0.25) is 10.2 Å². The molecular weight excluding hydrogens is 257 g/mol. The number of aliphatic hydroxyl groups excluding tert-OH is 2. The van der Waals surface area contributed by atoms with Gasteiger partial charge in [-0.25, -0.2) is 4.98 Å². The summed E-state index contributed by atoms with van der Waals surface area (Å²) in [6, 6.07) is 1.53. The van der Waals surface area contributed by atoms with Crippen molar-refractivity contribution in [3.63, 3.8) is 0 Å². The third-order valence-corrected chi connectivity index (χ3v) is 3.02. The average Bonchev–Trinajstić information content (AvgIpc) is 2.21. The van der Waals surface area contributed by atoms with E-state index in [0.717, 1.165) is 0 Å². The summed E-state index contributed by atoms with van der Waals surface area (Å²) in [5.74, 6) is 0.481. The van der Waals surface area contributed by atoms with Gasteiger partial charge < -0.3 is 10.2 Å². The van der Waals surface area contributed by atoms with Crippen LogP contribution in [0.3, 0.4) is 0 Å². The Balaban J connectivity index is 2.90. The number of nitrogens with zero attached hydrogens (tertiary/aromatic N) is 1. The van der Waals surface area contributed by atoms with E-state index >= 15 is 0 Å². The molecule has 2 unspecified atom stereocenters. The smallest absolute Gasteiger partial charge is 0.147 e. The second-order valence-electron chi connectivity index (χ2n) is 3.03. The lowest BCUT2D eigenvalue weighted by molar-refractivity contribution is 0.0172. The third-order valence-electron chi connectivity index (χ3n) is 1.98. The largest absolute Gasteiger partial charge is 0.390 e. The van der Waals surface area contributed by atoms with Crippen molar-refractivity contribution in [2.24, 2.45) is 0 Å². The summed E-state index contributed by atoms with van der Waals surface area (Å²) < 4.78 is 0. The molecule has 0 saturated heterocycles. The summed E-state index contributed by atoms with van der Waals surface area (Å²) in [7, 11) is 0. The van der Waals surface area contributed by atoms with E-state index in [1.807, 2.05) is 0 Å². The van der Waals surface area contributed by atoms with Crippen LogP contribution in [0.4, 0.5) is 0 Å². The summed E-state index contributed by atoms with van der Waals surface area (Å²) in [6.45, 7) is 0. The quantitative estimate of drug-likeness (QED) is 0.579. The lowest BCUT2D eigenvalue weighted by Gasteiger charge is -2.18. The summed E-state index contributed by atoms with van der Waals surface area (Å²) in [5, 5.41) is 19.6. The molecule has 0 aliphatic carbocycles. The second-order valence-corrected chi connectivity index (χ2v) is 4.21. The SMILES string of the molecule is OC(CCS)C(O)c1ccnc(Cl)c1Cl. The molecule has 0 aliphatic rings. The van der Waals surface area contributed by atoms with Gasteiger partial charge in [-0.15, -0.1) is 0 Å². The highest BCUT2D eigenvalue weighted by Crippen LogP contribution is 2.30. The van der Waals surface area contributed by atoms with Crippen molar-refractivity contribution in [1.82, 2.24) is 4.98 Å². The van der Waals surface area contributed by atoms with Crippen molar-refractivity contribution in [1.29, 1.82) is 0 Å². The minimum absolute atomic E-state index is 0.117. The first-order valence-corrected chi connectivity index (χ1v) is 5.73. The van der Waals surface area contributed by atoms with Crippen molar-refractivity contribution >= 4 is 35.8 Å². The number of thiol groups is 1. The molecule has 0 bridgehead atoms. The van der Waals surface area contributed by atoms with Gasteiger partial charge in [-0.05, 0) is 18.2 Å². The van der Waals surface area contributed by atoms with E-state index in [2.05, 4.69) is 17.6 Å². The molecule has 0 aromatic carbocycles. The van der Waals surface area contributed by atoms with Crippen LogP contribution >= 0.6 is 35.8 Å². The normalized spacial score (nSPS) is 15.0. The van der Waals surface area contributed by atoms with E-state index in [1.54, 1.807) is 0 Å². The molecule has 1 rings (SSSR count). The lowest BCUT2D eigenvalue weighted by atomic mass is 10.0. The van der Waals surface area contributed by atoms with Gasteiger partial charge in [-0.2, -0.15) is 12.6 Å². The Bertz CT molecular complexity index is 338. The first-order valence-electron chi connectivity index (χ1n) is 4.34. The fraction of sp³-hybridized carbons (Fsp3) is 0.444. The van der Waals surface area contributed by atoms with Gasteiger partial charge >= 0.3 is 0 Å². The van der Waals surface area contributed by atoms with Gasteiger partial charge in [0.15, 0.2) is 0 Å². The zero-order valence-corrected chi connectivity index (χ0v) is 10.2. The fourth-order valence-corrected chi connectivity index (χ4v) is 1.81. The number of rotatable bonds is 4. The minimum atomic E-state index is -1.06. The maximum Gasteiger partial charge on any atom is 0.147 e. The maximum atomic E-state index is 9.77. The monoisotopic (exact) mass is 267 g/mol. The molecule has 3 nitrogen and oxygen atoms in total. The van der Waals surface area contributed by atoms with E-state index in [0.29, 0.717) is 17.7 Å². The molecule has 0 amide bonds. The molecule has 84 valence electrons. The van der Waals surface area contributed by atoms with Crippen molar-refractivity contribution in [3.8, 4) is 0 Å². The molecule has 0 radical (unpaired) electrons. The van der Waals surface area contributed by atoms with Gasteiger partial charge in [0.1, 0.15) is 11.3 Å². The molecule has 6 heteroatoms. The van der Waals surface area contributed by atoms with Gasteiger partial charge in [0.2, 0.25) is 0 Å². The minimum Gasteiger partial charge on any atom is -0.390 e. The van der Waals surface area contributed by atoms with Gasteiger partial charge in [-0.1, -0.05) is 23.2 Å². The van der Waals surface area contributed by atoms with E-state index in [-0.39, 0.29) is 10.2 Å². The molecule has 0 spiro atoms. The summed E-state index contributed by atoms with van der Waals surface area (Å²) in [4.78, 5) is 3.75. The van der Waals surface area contributed by atoms with Gasteiger partial charge in [-0.3, -0.25) is 0 Å². The molecule has 0 aliphatic heterocycles. The highest BCUT2D eigenvalue weighted by molar-refractivity contribution is 7.80. The van der Waals surface area contributed by atoms with Crippen LogP contribution in [0.25, 0.3) is 0 Å². The molecule has 1 heterocycles. The zero-order chi connectivity index (χ0) is 11.4. The lowest BCUT2D eigenvalue weighted by Crippen LogP contribution is -2.19. The molecular formula is C9H11Cl2NO2S. The highest BCUT2D eigenvalue weighted by Gasteiger charge is 2.21. The van der Waals surface area contributed by atoms with E-state index in [4.69, 9.17) is 23.2 Å². The molecule has 2 atom stereocenters. The predicted molar refractivity (Wildman–Crippen MR) is 63.7 cm³/mol. The van der Waals surface area contributed by atoms with Crippen LogP contribution in [0.15, 0.2) is 12.3 Å². The van der Waals surface area contributed by atoms with E-state index in [1.165, 1.54) is 12.3 Å². The molecule has 15 heavy (non-hydrogen) atoms. The first-order chi connectivity index (χ1) is 7.07. The molecule has 1 aromatic heterocycles. The Hall–Kier alpha value is -0.0000000000000000555. The number of hydrogen-bond donors (Lipinski definition) is 3. The number of halogens is 2. The Morgan fingerprint density at radius 2 is 2.07 bits per heavy atom. The topological polar surface area (TPSA) is 53.4 Å². The molecule has 1 aromatic rings. The highest BCUT2D eigenvalue weighted by atomic mass is 35.5. The van der Waals surface area contributed by atoms with Crippen LogP contribution in [0.5, 0.6) is 0 Å². The average molecular weight is 268 g/mol. The third kappa shape index (κ3) is 3.23. The van der Waals surface area contributed by atoms with Crippen LogP contribution in [-0.2, 0) is 0 Å². The Morgan fingerprint density at radius 1 is 1.40 bits per heavy atom. The second kappa shape index (κ2) is 5.92. The summed E-state index contributed by atoms with van der Waals surface area (Å²) >= 11 is 15.5. The fourth-order valence-electron chi connectivity index (χ4n) is 1.16. The molecule has 2 N–H and O–H groups in total. The van der Waals surface area contributed by atoms with Crippen molar-refractivity contribution < 1.29 is 10.2 Å². The van der Waals surface area contributed by atoms with E-state index in [9.17, 15) is 10.2 Å². The standard InChI is InChI=1S/C9H11Cl2NO2S/c10-7-5(1-3-12-9(7)11)8(14)6(13)2-4-15/h1,3,6,8,13-15H,2,4H2. The predicted octanol–water partition coefficient (Wildman–Crippen LogP) is 2.10. The number of pyridine rings is 1. The van der Waals surface area contributed by atoms with Crippen LogP contribution < -0.4 is 0 Å². The maximum absolute atomic E-state index is 9.77. The van der Waals surface area contributed by atoms with Gasteiger partial charge in [0, 0.05) is 11.8 Å². The number of hydrogen-bond acceptors (Lipinski definition) is 4. The van der Waals surface area contributed by atoms with Crippen LogP contribution in [0, 0.1) is 0 Å². The van der Waals surface area contributed by atoms with Crippen LogP contribution in [0.1, 0.15) is 18.1 Å². The zero-order valence-electron chi connectivity index (χ0n) is 7.77. The van der Waals surface area contributed by atoms with E-state index < -0.39 is 12.2 Å². The van der Waals surface area contributed by atoms with Crippen molar-refractivity contribution in [2.45, 2.75) is 18.6 Å². The Labute approximate surface area is 103 Å². The molecule has 0 fully saturated rings. The Morgan fingerprint density at radius 3 is 2.67 bits per heavy atom. The summed E-state index contributed by atoms with van der Waals surface area (Å²) in [6.07, 6.45) is -0.163. The van der Waals surface area contributed by atoms with Gasteiger partial charge in [0.05, 0.1) is 11.1 Å². The van der Waals surface area contributed by atoms with Crippen molar-refractivity contribution in [2.75, 3.05) is 5.75 Å². The van der Waals surface area contributed by atoms with Crippen LogP contribution in [-0.4, -0.2) is 27.1 Å². The first kappa shape index (κ1) is 13.1. The van der Waals surface area contributed by atoms with Gasteiger partial charge in [0.25, 0.3) is 0 Å². The Kier molecular flexibility index (Phi) is 5.15. The number of aliphatic hydroxyl groups is 2. The van der Waals surface area contributed by atoms with Crippen molar-refractivity contribution in [3.05, 3.63) is 28.0 Å². The molecule has 0 saturated carbocycles. The number of aromatic nitrogens is 1. The summed E-state index contributed by atoms with van der Waals surface area (Å²) in [5.41, 5.74) is 0.381.